The van der Waals surface area contributed by atoms with Crippen LogP contribution in [0.15, 0.2) is 50.0 Å². The normalized spacial score (nSPS) is 12.1. The quantitative estimate of drug-likeness (QED) is 0.215. The standard InChI is InChI=1S/C24H20O10/c1-10-3-6-17(33-10)12(8-18(29)32-2)19-15(27)9-16(28)20-21(30)22(31)23(34-24(19)20)11-4-5-13(25)14(26)7-11/h3-7,9,12,25-28,31H,8H2,1-2H3. The second-order valence-corrected chi connectivity index (χ2v) is 7.63. The Bertz CT molecular complexity index is 1480. The summed E-state index contributed by atoms with van der Waals surface area (Å²) >= 11 is 0. The maximum Gasteiger partial charge on any atom is 0.306 e. The second kappa shape index (κ2) is 8.39. The van der Waals surface area contributed by atoms with Gasteiger partial charge in [-0.05, 0) is 37.3 Å². The van der Waals surface area contributed by atoms with Crippen LogP contribution in [-0.2, 0) is 9.53 Å². The number of aryl methyl sites for hydroxylation is 1. The van der Waals surface area contributed by atoms with Gasteiger partial charge in [-0.15, -0.1) is 0 Å². The predicted molar refractivity (Wildman–Crippen MR) is 118 cm³/mol. The third kappa shape index (κ3) is 3.75. The number of carbonyl (C=O) groups excluding carboxylic acids is 1. The van der Waals surface area contributed by atoms with Crippen molar-refractivity contribution in [3.8, 4) is 40.1 Å². The van der Waals surface area contributed by atoms with E-state index in [2.05, 4.69) is 0 Å². The number of furan rings is 1. The van der Waals surface area contributed by atoms with E-state index in [4.69, 9.17) is 13.6 Å². The van der Waals surface area contributed by atoms with Gasteiger partial charge in [-0.2, -0.15) is 0 Å². The highest BCUT2D eigenvalue weighted by Crippen LogP contribution is 2.45. The Morgan fingerprint density at radius 1 is 0.941 bits per heavy atom. The van der Waals surface area contributed by atoms with Crippen molar-refractivity contribution in [1.82, 2.24) is 0 Å². The number of esters is 1. The van der Waals surface area contributed by atoms with E-state index in [9.17, 15) is 35.1 Å². The van der Waals surface area contributed by atoms with Gasteiger partial charge in [0.25, 0.3) is 0 Å². The topological polar surface area (TPSA) is 171 Å². The van der Waals surface area contributed by atoms with Crippen LogP contribution < -0.4 is 5.43 Å². The minimum absolute atomic E-state index is 0.0268. The minimum Gasteiger partial charge on any atom is -0.507 e. The van der Waals surface area contributed by atoms with Gasteiger partial charge in [0.15, 0.2) is 17.3 Å². The lowest BCUT2D eigenvalue weighted by atomic mass is 9.90. The highest BCUT2D eigenvalue weighted by atomic mass is 16.5. The van der Waals surface area contributed by atoms with Crippen molar-refractivity contribution in [3.05, 3.63) is 63.7 Å². The molecule has 2 heterocycles. The molecule has 0 aliphatic heterocycles. The van der Waals surface area contributed by atoms with E-state index in [0.717, 1.165) is 18.2 Å². The number of ether oxygens (including phenoxy) is 1. The molecule has 0 spiro atoms. The molecule has 0 fully saturated rings. The molecule has 176 valence electrons. The Kier molecular flexibility index (Phi) is 5.58. The van der Waals surface area contributed by atoms with E-state index < -0.39 is 57.2 Å². The van der Waals surface area contributed by atoms with Crippen LogP contribution in [0.25, 0.3) is 22.3 Å². The van der Waals surface area contributed by atoms with E-state index in [0.29, 0.717) is 5.76 Å². The maximum atomic E-state index is 13.0. The van der Waals surface area contributed by atoms with E-state index >= 15 is 0 Å². The molecule has 0 aliphatic rings. The molecule has 0 radical (unpaired) electrons. The zero-order valence-corrected chi connectivity index (χ0v) is 18.0. The molecule has 0 bridgehead atoms. The first kappa shape index (κ1) is 22.6. The van der Waals surface area contributed by atoms with Gasteiger partial charge in [0.05, 0.1) is 19.4 Å². The first-order chi connectivity index (χ1) is 16.1. The zero-order valence-electron chi connectivity index (χ0n) is 18.0. The molecule has 10 nitrogen and oxygen atoms in total. The van der Waals surface area contributed by atoms with Crippen LogP contribution in [0.4, 0.5) is 0 Å². The first-order valence-corrected chi connectivity index (χ1v) is 10.0. The van der Waals surface area contributed by atoms with Crippen LogP contribution in [-0.4, -0.2) is 38.6 Å². The summed E-state index contributed by atoms with van der Waals surface area (Å²) in [5.41, 5.74) is -1.37. The van der Waals surface area contributed by atoms with E-state index in [1.54, 1.807) is 19.1 Å². The molecule has 4 rings (SSSR count). The molecule has 0 aliphatic carbocycles. The average Bonchev–Trinajstić information content (AvgIpc) is 3.22. The number of methoxy groups -OCH3 is 1. The summed E-state index contributed by atoms with van der Waals surface area (Å²) in [4.78, 5) is 25.2. The molecule has 1 unspecified atom stereocenters. The van der Waals surface area contributed by atoms with E-state index in [1.807, 2.05) is 0 Å². The molecule has 5 N–H and O–H groups in total. The number of fused-ring (bicyclic) bond motifs is 1. The second-order valence-electron chi connectivity index (χ2n) is 7.63. The molecule has 34 heavy (non-hydrogen) atoms. The van der Waals surface area contributed by atoms with Crippen LogP contribution >= 0.6 is 0 Å². The smallest absolute Gasteiger partial charge is 0.306 e. The van der Waals surface area contributed by atoms with Crippen molar-refractivity contribution in [3.63, 3.8) is 0 Å². The van der Waals surface area contributed by atoms with E-state index in [1.165, 1.54) is 13.2 Å². The fourth-order valence-electron chi connectivity index (χ4n) is 3.78. The lowest BCUT2D eigenvalue weighted by Crippen LogP contribution is -2.12. The van der Waals surface area contributed by atoms with Crippen molar-refractivity contribution in [2.45, 2.75) is 19.3 Å². The van der Waals surface area contributed by atoms with Gasteiger partial charge in [-0.1, -0.05) is 0 Å². The van der Waals surface area contributed by atoms with Crippen molar-refractivity contribution >= 4 is 16.9 Å². The molecular weight excluding hydrogens is 448 g/mol. The Morgan fingerprint density at radius 3 is 2.29 bits per heavy atom. The van der Waals surface area contributed by atoms with Crippen LogP contribution in [0, 0.1) is 6.92 Å². The van der Waals surface area contributed by atoms with Gasteiger partial charge in [0.2, 0.25) is 11.2 Å². The molecule has 0 saturated heterocycles. The minimum atomic E-state index is -1.02. The predicted octanol–water partition coefficient (Wildman–Crippen LogP) is 3.58. The van der Waals surface area contributed by atoms with Crippen molar-refractivity contribution < 1.29 is 43.9 Å². The Balaban J connectivity index is 2.08. The van der Waals surface area contributed by atoms with Crippen LogP contribution in [0.5, 0.6) is 28.7 Å². The summed E-state index contributed by atoms with van der Waals surface area (Å²) in [6.07, 6.45) is -0.309. The van der Waals surface area contributed by atoms with Gasteiger partial charge in [0, 0.05) is 17.2 Å². The molecule has 1 atom stereocenters. The van der Waals surface area contributed by atoms with Crippen molar-refractivity contribution in [1.29, 1.82) is 0 Å². The van der Waals surface area contributed by atoms with Crippen LogP contribution in [0.1, 0.15) is 29.4 Å². The highest BCUT2D eigenvalue weighted by molar-refractivity contribution is 5.92. The largest absolute Gasteiger partial charge is 0.507 e. The van der Waals surface area contributed by atoms with E-state index in [-0.39, 0.29) is 28.9 Å². The molecule has 10 heteroatoms. The Hall–Kier alpha value is -4.60. The van der Waals surface area contributed by atoms with Gasteiger partial charge in [-0.25, -0.2) is 0 Å². The number of hydrogen-bond acceptors (Lipinski definition) is 10. The summed E-state index contributed by atoms with van der Waals surface area (Å²) in [5, 5.41) is 50.7. The van der Waals surface area contributed by atoms with Crippen LogP contribution in [0.2, 0.25) is 0 Å². The molecule has 2 aromatic heterocycles. The highest BCUT2D eigenvalue weighted by Gasteiger charge is 2.31. The molecule has 0 amide bonds. The lowest BCUT2D eigenvalue weighted by molar-refractivity contribution is -0.140. The SMILES string of the molecule is COC(=O)CC(c1ccc(C)o1)c1c(O)cc(O)c2c(=O)c(O)c(-c3ccc(O)c(O)c3)oc12. The summed E-state index contributed by atoms with van der Waals surface area (Å²) in [7, 11) is 1.19. The lowest BCUT2D eigenvalue weighted by Gasteiger charge is -2.18. The number of benzene rings is 2. The van der Waals surface area contributed by atoms with Crippen molar-refractivity contribution in [2.75, 3.05) is 7.11 Å². The van der Waals surface area contributed by atoms with Crippen molar-refractivity contribution in [2.24, 2.45) is 0 Å². The number of rotatable bonds is 5. The molecule has 4 aromatic rings. The van der Waals surface area contributed by atoms with Gasteiger partial charge >= 0.3 is 5.97 Å². The summed E-state index contributed by atoms with van der Waals surface area (Å²) < 4.78 is 16.3. The number of phenolic OH excluding ortho intramolecular Hbond substituents is 4. The first-order valence-electron chi connectivity index (χ1n) is 10.0. The average molecular weight is 468 g/mol. The van der Waals surface area contributed by atoms with Gasteiger partial charge < -0.3 is 39.1 Å². The number of phenols is 4. The third-order valence-corrected chi connectivity index (χ3v) is 5.43. The van der Waals surface area contributed by atoms with Gasteiger partial charge in [0.1, 0.15) is 34.0 Å². The summed E-state index contributed by atoms with van der Waals surface area (Å²) in [6.45, 7) is 1.68. The molecule has 2 aromatic carbocycles. The fraction of sp³-hybridized carbons (Fsp3) is 0.167. The molecular formula is C24H20O10. The zero-order chi connectivity index (χ0) is 24.7. The third-order valence-electron chi connectivity index (χ3n) is 5.43. The Morgan fingerprint density at radius 2 is 1.68 bits per heavy atom. The molecule has 0 saturated carbocycles. The Labute approximate surface area is 191 Å². The fourth-order valence-corrected chi connectivity index (χ4v) is 3.78. The number of hydrogen-bond donors (Lipinski definition) is 5. The monoisotopic (exact) mass is 468 g/mol. The maximum absolute atomic E-state index is 13.0. The summed E-state index contributed by atoms with van der Waals surface area (Å²) in [5.74, 6) is -4.26. The number of carbonyl (C=O) groups is 1. The number of aromatic hydroxyl groups is 5. The summed E-state index contributed by atoms with van der Waals surface area (Å²) in [6, 6.07) is 7.59. The van der Waals surface area contributed by atoms with Gasteiger partial charge in [-0.3, -0.25) is 9.59 Å². The van der Waals surface area contributed by atoms with Crippen LogP contribution in [0.3, 0.4) is 0 Å².